The van der Waals surface area contributed by atoms with E-state index in [-0.39, 0.29) is 5.95 Å². The predicted molar refractivity (Wildman–Crippen MR) is 96.4 cm³/mol. The highest BCUT2D eigenvalue weighted by molar-refractivity contribution is 6.29. The van der Waals surface area contributed by atoms with Crippen LogP contribution in [0.4, 0.5) is 11.8 Å². The van der Waals surface area contributed by atoms with Gasteiger partial charge >= 0.3 is 0 Å². The van der Waals surface area contributed by atoms with Crippen molar-refractivity contribution in [3.63, 3.8) is 0 Å². The highest BCUT2D eigenvalue weighted by Crippen LogP contribution is 2.31. The Hall–Kier alpha value is -2.25. The molecule has 0 amide bonds. The molecule has 132 valence electrons. The Kier molecular flexibility index (Phi) is 4.50. The molecular weight excluding hydrogens is 342 g/mol. The summed E-state index contributed by atoms with van der Waals surface area (Å²) < 4.78 is 11.2. The minimum atomic E-state index is 0.209. The average molecular weight is 362 g/mol. The zero-order valence-corrected chi connectivity index (χ0v) is 14.6. The van der Waals surface area contributed by atoms with Crippen LogP contribution in [-0.2, 0) is 6.54 Å². The number of benzene rings is 1. The molecule has 0 radical (unpaired) electrons. The number of hydrogen-bond acceptors (Lipinski definition) is 7. The number of rotatable bonds is 3. The molecule has 1 saturated heterocycles. The molecule has 2 aromatic rings. The van der Waals surface area contributed by atoms with Crippen LogP contribution >= 0.6 is 11.6 Å². The van der Waals surface area contributed by atoms with Crippen molar-refractivity contribution in [2.75, 3.05) is 50.0 Å². The number of piperazine rings is 1. The molecule has 0 bridgehead atoms. The quantitative estimate of drug-likeness (QED) is 0.835. The fraction of sp³-hybridized carbons (Fsp3) is 0.412. The number of hydrogen-bond donors (Lipinski definition) is 1. The van der Waals surface area contributed by atoms with Gasteiger partial charge in [0.1, 0.15) is 24.2 Å². The molecular formula is C17H20ClN5O2. The Morgan fingerprint density at radius 3 is 2.52 bits per heavy atom. The SMILES string of the molecule is Nc1nc(Cl)cc(N2CCN(Cc3ccc4c(c3)OCCO4)CC2)n1. The Morgan fingerprint density at radius 2 is 1.76 bits per heavy atom. The first-order valence-corrected chi connectivity index (χ1v) is 8.71. The topological polar surface area (TPSA) is 76.7 Å². The number of nitrogens with two attached hydrogens (primary N) is 1. The van der Waals surface area contributed by atoms with Crippen LogP contribution in [0.3, 0.4) is 0 Å². The minimum Gasteiger partial charge on any atom is -0.486 e. The van der Waals surface area contributed by atoms with E-state index < -0.39 is 0 Å². The third-order valence-electron chi connectivity index (χ3n) is 4.41. The van der Waals surface area contributed by atoms with Gasteiger partial charge in [-0.25, -0.2) is 4.98 Å². The predicted octanol–water partition coefficient (Wildman–Crippen LogP) is 1.81. The van der Waals surface area contributed by atoms with Gasteiger partial charge in [0.15, 0.2) is 11.5 Å². The lowest BCUT2D eigenvalue weighted by atomic mass is 10.1. The Balaban J connectivity index is 1.37. The van der Waals surface area contributed by atoms with Crippen molar-refractivity contribution in [3.05, 3.63) is 35.0 Å². The Bertz CT molecular complexity index is 744. The van der Waals surface area contributed by atoms with E-state index in [0.717, 1.165) is 50.0 Å². The number of fused-ring (bicyclic) bond motifs is 1. The van der Waals surface area contributed by atoms with Crippen molar-refractivity contribution < 1.29 is 9.47 Å². The lowest BCUT2D eigenvalue weighted by Gasteiger charge is -2.35. The van der Waals surface area contributed by atoms with Crippen LogP contribution in [0.5, 0.6) is 11.5 Å². The molecule has 0 unspecified atom stereocenters. The zero-order valence-electron chi connectivity index (χ0n) is 13.8. The van der Waals surface area contributed by atoms with Gasteiger partial charge in [0.05, 0.1) is 0 Å². The summed E-state index contributed by atoms with van der Waals surface area (Å²) in [6.07, 6.45) is 0. The minimum absolute atomic E-state index is 0.209. The summed E-state index contributed by atoms with van der Waals surface area (Å²) in [5.41, 5.74) is 6.91. The highest BCUT2D eigenvalue weighted by atomic mass is 35.5. The fourth-order valence-electron chi connectivity index (χ4n) is 3.16. The van der Waals surface area contributed by atoms with E-state index in [2.05, 4.69) is 31.9 Å². The summed E-state index contributed by atoms with van der Waals surface area (Å²) in [7, 11) is 0. The molecule has 3 heterocycles. The number of aromatic nitrogens is 2. The van der Waals surface area contributed by atoms with Crippen molar-refractivity contribution in [2.24, 2.45) is 0 Å². The monoisotopic (exact) mass is 361 g/mol. The number of ether oxygens (including phenoxy) is 2. The van der Waals surface area contributed by atoms with E-state index in [1.165, 1.54) is 5.56 Å². The molecule has 0 spiro atoms. The maximum Gasteiger partial charge on any atom is 0.223 e. The second-order valence-corrected chi connectivity index (χ2v) is 6.54. The third kappa shape index (κ3) is 3.72. The molecule has 2 aliphatic rings. The van der Waals surface area contributed by atoms with Crippen LogP contribution < -0.4 is 20.1 Å². The van der Waals surface area contributed by atoms with Gasteiger partial charge in [0.2, 0.25) is 5.95 Å². The molecule has 0 aliphatic carbocycles. The van der Waals surface area contributed by atoms with Crippen LogP contribution in [0.25, 0.3) is 0 Å². The van der Waals surface area contributed by atoms with Gasteiger partial charge in [0.25, 0.3) is 0 Å². The van der Waals surface area contributed by atoms with E-state index in [0.29, 0.717) is 18.4 Å². The largest absolute Gasteiger partial charge is 0.486 e. The molecule has 1 fully saturated rings. The zero-order chi connectivity index (χ0) is 17.2. The first-order valence-electron chi connectivity index (χ1n) is 8.33. The molecule has 25 heavy (non-hydrogen) atoms. The van der Waals surface area contributed by atoms with Gasteiger partial charge in [-0.05, 0) is 17.7 Å². The molecule has 2 aliphatic heterocycles. The maximum absolute atomic E-state index is 5.97. The van der Waals surface area contributed by atoms with E-state index in [9.17, 15) is 0 Å². The summed E-state index contributed by atoms with van der Waals surface area (Å²) in [6, 6.07) is 7.93. The van der Waals surface area contributed by atoms with Gasteiger partial charge in [-0.15, -0.1) is 0 Å². The van der Waals surface area contributed by atoms with E-state index in [4.69, 9.17) is 26.8 Å². The van der Waals surface area contributed by atoms with Gasteiger partial charge < -0.3 is 20.1 Å². The molecule has 7 nitrogen and oxygen atoms in total. The normalized spacial score (nSPS) is 17.6. The summed E-state index contributed by atoms with van der Waals surface area (Å²) in [4.78, 5) is 12.8. The van der Waals surface area contributed by atoms with Crippen LogP contribution in [0.1, 0.15) is 5.56 Å². The molecule has 2 N–H and O–H groups in total. The Labute approximate surface area is 151 Å². The number of nitrogen functional groups attached to an aromatic ring is 1. The third-order valence-corrected chi connectivity index (χ3v) is 4.60. The van der Waals surface area contributed by atoms with Crippen LogP contribution in [0.15, 0.2) is 24.3 Å². The van der Waals surface area contributed by atoms with E-state index in [1.807, 2.05) is 6.07 Å². The molecule has 0 saturated carbocycles. The summed E-state index contributed by atoms with van der Waals surface area (Å²) in [6.45, 7) is 5.74. The molecule has 8 heteroatoms. The molecule has 0 atom stereocenters. The number of halogens is 1. The summed E-state index contributed by atoms with van der Waals surface area (Å²) >= 11 is 5.97. The summed E-state index contributed by atoms with van der Waals surface area (Å²) in [5.74, 6) is 2.67. The smallest absolute Gasteiger partial charge is 0.223 e. The standard InChI is InChI=1S/C17H20ClN5O2/c18-15-10-16(21-17(19)20-15)23-5-3-22(4-6-23)11-12-1-2-13-14(9-12)25-8-7-24-13/h1-2,9-10H,3-8,11H2,(H2,19,20,21). The van der Waals surface area contributed by atoms with Crippen LogP contribution in [0.2, 0.25) is 5.15 Å². The number of anilines is 2. The molecule has 1 aromatic heterocycles. The van der Waals surface area contributed by atoms with Gasteiger partial charge in [-0.2, -0.15) is 4.98 Å². The molecule has 4 rings (SSSR count). The second-order valence-electron chi connectivity index (χ2n) is 6.15. The van der Waals surface area contributed by atoms with Crippen molar-refractivity contribution in [2.45, 2.75) is 6.54 Å². The van der Waals surface area contributed by atoms with Crippen molar-refractivity contribution in [3.8, 4) is 11.5 Å². The maximum atomic E-state index is 5.97. The van der Waals surface area contributed by atoms with Crippen molar-refractivity contribution >= 4 is 23.4 Å². The lowest BCUT2D eigenvalue weighted by molar-refractivity contribution is 0.171. The summed E-state index contributed by atoms with van der Waals surface area (Å²) in [5, 5.41) is 0.376. The van der Waals surface area contributed by atoms with E-state index >= 15 is 0 Å². The lowest BCUT2D eigenvalue weighted by Crippen LogP contribution is -2.46. The van der Waals surface area contributed by atoms with Crippen LogP contribution in [0, 0.1) is 0 Å². The van der Waals surface area contributed by atoms with Crippen molar-refractivity contribution in [1.82, 2.24) is 14.9 Å². The van der Waals surface area contributed by atoms with E-state index in [1.54, 1.807) is 6.07 Å². The first-order chi connectivity index (χ1) is 12.2. The number of nitrogens with zero attached hydrogens (tertiary/aromatic N) is 4. The van der Waals surface area contributed by atoms with Crippen LogP contribution in [-0.4, -0.2) is 54.3 Å². The second kappa shape index (κ2) is 6.93. The highest BCUT2D eigenvalue weighted by Gasteiger charge is 2.20. The van der Waals surface area contributed by atoms with Crippen molar-refractivity contribution in [1.29, 1.82) is 0 Å². The fourth-order valence-corrected chi connectivity index (χ4v) is 3.35. The van der Waals surface area contributed by atoms with Gasteiger partial charge in [0, 0.05) is 38.8 Å². The Morgan fingerprint density at radius 1 is 1.00 bits per heavy atom. The first kappa shape index (κ1) is 16.2. The molecule has 1 aromatic carbocycles. The van der Waals surface area contributed by atoms with Gasteiger partial charge in [-0.3, -0.25) is 4.90 Å². The average Bonchev–Trinajstić information content (AvgIpc) is 2.61. The van der Waals surface area contributed by atoms with Gasteiger partial charge in [-0.1, -0.05) is 17.7 Å².